The van der Waals surface area contributed by atoms with Gasteiger partial charge in [0, 0.05) is 6.54 Å². The van der Waals surface area contributed by atoms with Crippen LogP contribution in [0.25, 0.3) is 0 Å². The number of rotatable bonds is 1. The van der Waals surface area contributed by atoms with Gasteiger partial charge in [-0.2, -0.15) is 13.2 Å². The third-order valence-corrected chi connectivity index (χ3v) is 2.81. The van der Waals surface area contributed by atoms with Crippen molar-refractivity contribution in [3.63, 3.8) is 0 Å². The van der Waals surface area contributed by atoms with E-state index in [2.05, 4.69) is 0 Å². The molecule has 0 saturated carbocycles. The molecule has 1 aromatic rings. The number of hydrogen-bond acceptors (Lipinski definition) is 2. The van der Waals surface area contributed by atoms with Gasteiger partial charge in [-0.25, -0.2) is 4.39 Å². The molecule has 1 unspecified atom stereocenters. The molecule has 0 spiro atoms. The zero-order valence-electron chi connectivity index (χ0n) is 9.17. The van der Waals surface area contributed by atoms with Gasteiger partial charge < -0.3 is 10.6 Å². The monoisotopic (exact) mass is 262 g/mol. The molecule has 1 saturated heterocycles. The van der Waals surface area contributed by atoms with Crippen LogP contribution in [0.2, 0.25) is 0 Å². The van der Waals surface area contributed by atoms with Gasteiger partial charge in [-0.1, -0.05) is 0 Å². The third kappa shape index (κ3) is 2.17. The third-order valence-electron chi connectivity index (χ3n) is 2.81. The van der Waals surface area contributed by atoms with E-state index in [-0.39, 0.29) is 12.2 Å². The highest BCUT2D eigenvalue weighted by Gasteiger charge is 2.35. The number of nitrogens with zero attached hydrogens (tertiary/aromatic N) is 1. The molecule has 1 aliphatic rings. The Morgan fingerprint density at radius 2 is 2.00 bits per heavy atom. The number of alkyl halides is 3. The molecule has 18 heavy (non-hydrogen) atoms. The smallest absolute Gasteiger partial charge is 0.320 e. The lowest BCUT2D eigenvalue weighted by atomic mass is 10.1. The average molecular weight is 262 g/mol. The maximum absolute atomic E-state index is 13.5. The first kappa shape index (κ1) is 12.8. The lowest BCUT2D eigenvalue weighted by Gasteiger charge is -2.18. The number of nitrogens with two attached hydrogens (primary N) is 1. The minimum atomic E-state index is -4.58. The van der Waals surface area contributed by atoms with Crippen LogP contribution >= 0.6 is 0 Å². The Morgan fingerprint density at radius 1 is 1.33 bits per heavy atom. The van der Waals surface area contributed by atoms with Gasteiger partial charge in [-0.3, -0.25) is 4.79 Å². The zero-order valence-corrected chi connectivity index (χ0v) is 9.17. The lowest BCUT2D eigenvalue weighted by Crippen LogP contribution is -2.34. The summed E-state index contributed by atoms with van der Waals surface area (Å²) in [5, 5.41) is 0. The highest BCUT2D eigenvalue weighted by molar-refractivity contribution is 5.99. The van der Waals surface area contributed by atoms with E-state index in [9.17, 15) is 22.4 Å². The quantitative estimate of drug-likeness (QED) is 0.786. The topological polar surface area (TPSA) is 46.3 Å². The summed E-state index contributed by atoms with van der Waals surface area (Å²) in [6.07, 6.45) is -4.28. The number of amides is 1. The number of hydrogen-bond donors (Lipinski definition) is 1. The van der Waals surface area contributed by atoms with Crippen molar-refractivity contribution in [1.82, 2.24) is 0 Å². The van der Waals surface area contributed by atoms with Crippen LogP contribution in [-0.4, -0.2) is 18.5 Å². The number of carbonyl (C=O) groups excluding carboxylic acids is 1. The molecule has 1 heterocycles. The predicted octanol–water partition coefficient (Wildman–Crippen LogP) is 1.91. The number of anilines is 1. The van der Waals surface area contributed by atoms with Crippen LogP contribution in [0.1, 0.15) is 12.0 Å². The maximum Gasteiger partial charge on any atom is 0.416 e. The number of benzene rings is 1. The van der Waals surface area contributed by atoms with Crippen molar-refractivity contribution >= 4 is 11.6 Å². The van der Waals surface area contributed by atoms with E-state index in [4.69, 9.17) is 5.73 Å². The van der Waals surface area contributed by atoms with Crippen LogP contribution in [0.15, 0.2) is 18.2 Å². The predicted molar refractivity (Wildman–Crippen MR) is 56.3 cm³/mol. The second-order valence-corrected chi connectivity index (χ2v) is 4.05. The maximum atomic E-state index is 13.5. The number of halogens is 4. The van der Waals surface area contributed by atoms with Crippen LogP contribution in [0.5, 0.6) is 0 Å². The molecule has 98 valence electrons. The summed E-state index contributed by atoms with van der Waals surface area (Å²) in [6.45, 7) is 0.123. The summed E-state index contributed by atoms with van der Waals surface area (Å²) in [4.78, 5) is 12.5. The molecule has 7 heteroatoms. The largest absolute Gasteiger partial charge is 0.416 e. The van der Waals surface area contributed by atoms with Gasteiger partial charge in [0.25, 0.3) is 0 Å². The summed E-state index contributed by atoms with van der Waals surface area (Å²) in [6, 6.07) is 1.19. The van der Waals surface area contributed by atoms with Gasteiger partial charge in [0.1, 0.15) is 5.82 Å². The van der Waals surface area contributed by atoms with Gasteiger partial charge >= 0.3 is 6.18 Å². The minimum absolute atomic E-state index is 0.123. The Labute approximate surface area is 100 Å². The fourth-order valence-corrected chi connectivity index (χ4v) is 1.84. The van der Waals surface area contributed by atoms with Crippen LogP contribution < -0.4 is 10.6 Å². The Hall–Kier alpha value is -1.63. The van der Waals surface area contributed by atoms with E-state index in [1.165, 1.54) is 0 Å². The minimum Gasteiger partial charge on any atom is -0.320 e. The Bertz CT molecular complexity index is 486. The fraction of sp³-hybridized carbons (Fsp3) is 0.364. The SMILES string of the molecule is NC1CCN(c2cc(C(F)(F)F)ccc2F)C1=O. The van der Waals surface area contributed by atoms with E-state index in [0.29, 0.717) is 24.6 Å². The van der Waals surface area contributed by atoms with Crippen molar-refractivity contribution in [3.8, 4) is 0 Å². The Morgan fingerprint density at radius 3 is 2.50 bits per heavy atom. The molecule has 0 radical (unpaired) electrons. The van der Waals surface area contributed by atoms with Crippen molar-refractivity contribution in [2.45, 2.75) is 18.6 Å². The van der Waals surface area contributed by atoms with Crippen molar-refractivity contribution in [3.05, 3.63) is 29.6 Å². The molecule has 1 aromatic carbocycles. The molecule has 3 nitrogen and oxygen atoms in total. The Kier molecular flexibility index (Phi) is 3.02. The molecule has 0 aromatic heterocycles. The molecule has 2 rings (SSSR count). The van der Waals surface area contributed by atoms with E-state index < -0.39 is 29.5 Å². The molecule has 1 atom stereocenters. The van der Waals surface area contributed by atoms with Crippen LogP contribution in [-0.2, 0) is 11.0 Å². The molecule has 2 N–H and O–H groups in total. The first-order valence-corrected chi connectivity index (χ1v) is 5.24. The zero-order chi connectivity index (χ0) is 13.5. The lowest BCUT2D eigenvalue weighted by molar-refractivity contribution is -0.137. The highest BCUT2D eigenvalue weighted by atomic mass is 19.4. The van der Waals surface area contributed by atoms with Gasteiger partial charge in [0.05, 0.1) is 17.3 Å². The second kappa shape index (κ2) is 4.24. The van der Waals surface area contributed by atoms with Crippen molar-refractivity contribution in [1.29, 1.82) is 0 Å². The van der Waals surface area contributed by atoms with Crippen molar-refractivity contribution in [2.75, 3.05) is 11.4 Å². The Balaban J connectivity index is 2.42. The van der Waals surface area contributed by atoms with Crippen LogP contribution in [0, 0.1) is 5.82 Å². The van der Waals surface area contributed by atoms with Crippen LogP contribution in [0.3, 0.4) is 0 Å². The second-order valence-electron chi connectivity index (χ2n) is 4.05. The molecule has 0 aliphatic carbocycles. The first-order chi connectivity index (χ1) is 8.30. The van der Waals surface area contributed by atoms with Crippen molar-refractivity contribution < 1.29 is 22.4 Å². The van der Waals surface area contributed by atoms with Gasteiger partial charge in [-0.05, 0) is 24.6 Å². The molecule has 0 bridgehead atoms. The highest BCUT2D eigenvalue weighted by Crippen LogP contribution is 2.34. The molecular formula is C11H10F4N2O. The van der Waals surface area contributed by atoms with E-state index in [1.807, 2.05) is 0 Å². The standard InChI is InChI=1S/C11H10F4N2O/c12-7-2-1-6(11(13,14)15)5-9(7)17-4-3-8(16)10(17)18/h1-2,5,8H,3-4,16H2. The summed E-state index contributed by atoms with van der Waals surface area (Å²) in [5.41, 5.74) is 4.08. The molecule has 1 amide bonds. The normalized spacial score (nSPS) is 20.6. The van der Waals surface area contributed by atoms with Gasteiger partial charge in [-0.15, -0.1) is 0 Å². The summed E-state index contributed by atoms with van der Waals surface area (Å²) in [7, 11) is 0. The van der Waals surface area contributed by atoms with Crippen molar-refractivity contribution in [2.24, 2.45) is 5.73 Å². The first-order valence-electron chi connectivity index (χ1n) is 5.24. The molecule has 1 fully saturated rings. The molecular weight excluding hydrogens is 252 g/mol. The summed E-state index contributed by atoms with van der Waals surface area (Å²) in [5.74, 6) is -1.43. The summed E-state index contributed by atoms with van der Waals surface area (Å²) >= 11 is 0. The number of carbonyl (C=O) groups is 1. The average Bonchev–Trinajstić information content (AvgIpc) is 2.59. The fourth-order valence-electron chi connectivity index (χ4n) is 1.84. The summed E-state index contributed by atoms with van der Waals surface area (Å²) < 4.78 is 51.0. The van der Waals surface area contributed by atoms with Gasteiger partial charge in [0.15, 0.2) is 0 Å². The molecule has 1 aliphatic heterocycles. The van der Waals surface area contributed by atoms with E-state index in [0.717, 1.165) is 4.90 Å². The van der Waals surface area contributed by atoms with Crippen LogP contribution in [0.4, 0.5) is 23.2 Å². The van der Waals surface area contributed by atoms with E-state index >= 15 is 0 Å². The van der Waals surface area contributed by atoms with E-state index in [1.54, 1.807) is 0 Å². The van der Waals surface area contributed by atoms with Gasteiger partial charge in [0.2, 0.25) is 5.91 Å².